The molecule has 0 bridgehead atoms. The van der Waals surface area contributed by atoms with Crippen LogP contribution in [0, 0.1) is 5.92 Å². The van der Waals surface area contributed by atoms with Gasteiger partial charge in [-0.3, -0.25) is 14.6 Å². The van der Waals surface area contributed by atoms with E-state index in [-0.39, 0.29) is 10.8 Å². The highest BCUT2D eigenvalue weighted by atomic mass is 32.2. The van der Waals surface area contributed by atoms with Gasteiger partial charge in [0.25, 0.3) is 0 Å². The van der Waals surface area contributed by atoms with E-state index >= 15 is 0 Å². The minimum absolute atomic E-state index is 0.0911. The molecule has 1 aliphatic heterocycles. The van der Waals surface area contributed by atoms with Crippen LogP contribution in [0.2, 0.25) is 0 Å². The summed E-state index contributed by atoms with van der Waals surface area (Å²) < 4.78 is 31.8. The van der Waals surface area contributed by atoms with Gasteiger partial charge in [-0.05, 0) is 43.0 Å². The third kappa shape index (κ3) is 5.14. The van der Waals surface area contributed by atoms with E-state index in [1.54, 1.807) is 30.3 Å². The molecule has 0 aliphatic carbocycles. The largest absolute Gasteiger partial charge is 0.495 e. The normalized spacial score (nSPS) is 15.4. The molecule has 0 radical (unpaired) electrons. The Morgan fingerprint density at radius 2 is 1.87 bits per heavy atom. The molecule has 10 heteroatoms. The smallest absolute Gasteiger partial charge is 0.313 e. The number of pyridine rings is 1. The summed E-state index contributed by atoms with van der Waals surface area (Å²) in [6.07, 6.45) is 4.04. The molecule has 2 N–H and O–H groups in total. The molecule has 1 aliphatic rings. The van der Waals surface area contributed by atoms with Gasteiger partial charge >= 0.3 is 11.8 Å². The Bertz CT molecular complexity index is 989. The zero-order chi connectivity index (χ0) is 21.6. The van der Waals surface area contributed by atoms with Crippen LogP contribution in [0.3, 0.4) is 0 Å². The first kappa shape index (κ1) is 21.7. The lowest BCUT2D eigenvalue weighted by Crippen LogP contribution is -2.43. The standard InChI is InChI=1S/C20H24N4O5S/c1-29-18-7-3-2-6-17(18)23-20(26)19(25)22-13-15-8-11-24(12-9-15)30(27,28)16-5-4-10-21-14-16/h2-7,10,14-15H,8-9,11-13H2,1H3,(H,22,25)(H,23,26). The van der Waals surface area contributed by atoms with Crippen LogP contribution < -0.4 is 15.4 Å². The lowest BCUT2D eigenvalue weighted by atomic mass is 9.98. The summed E-state index contributed by atoms with van der Waals surface area (Å²) >= 11 is 0. The van der Waals surface area contributed by atoms with Crippen molar-refractivity contribution in [1.82, 2.24) is 14.6 Å². The molecule has 2 heterocycles. The molecule has 3 rings (SSSR count). The van der Waals surface area contributed by atoms with Crippen molar-refractivity contribution in [2.75, 3.05) is 32.1 Å². The van der Waals surface area contributed by atoms with Gasteiger partial charge in [-0.1, -0.05) is 12.1 Å². The van der Waals surface area contributed by atoms with E-state index < -0.39 is 21.8 Å². The Balaban J connectivity index is 1.47. The first-order valence-electron chi connectivity index (χ1n) is 9.54. The lowest BCUT2D eigenvalue weighted by Gasteiger charge is -2.31. The number of hydrogen-bond acceptors (Lipinski definition) is 6. The predicted octanol–water partition coefficient (Wildman–Crippen LogP) is 1.25. The van der Waals surface area contributed by atoms with Crippen molar-refractivity contribution < 1.29 is 22.7 Å². The van der Waals surface area contributed by atoms with Crippen LogP contribution in [0.1, 0.15) is 12.8 Å². The first-order valence-corrected chi connectivity index (χ1v) is 11.0. The zero-order valence-electron chi connectivity index (χ0n) is 16.6. The number of methoxy groups -OCH3 is 1. The van der Waals surface area contributed by atoms with Crippen molar-refractivity contribution in [2.45, 2.75) is 17.7 Å². The second-order valence-corrected chi connectivity index (χ2v) is 8.84. The lowest BCUT2D eigenvalue weighted by molar-refractivity contribution is -0.136. The van der Waals surface area contributed by atoms with Crippen molar-refractivity contribution in [1.29, 1.82) is 0 Å². The predicted molar refractivity (Wildman–Crippen MR) is 110 cm³/mol. The molecular formula is C20H24N4O5S. The molecule has 1 fully saturated rings. The Hall–Kier alpha value is -2.98. The number of hydrogen-bond donors (Lipinski definition) is 2. The number of sulfonamides is 1. The van der Waals surface area contributed by atoms with E-state index in [1.807, 2.05) is 0 Å². The van der Waals surface area contributed by atoms with Crippen LogP contribution in [-0.2, 0) is 19.6 Å². The Morgan fingerprint density at radius 1 is 1.13 bits per heavy atom. The molecule has 1 saturated heterocycles. The Kier molecular flexibility index (Phi) is 7.01. The number of carbonyl (C=O) groups excluding carboxylic acids is 2. The fourth-order valence-corrected chi connectivity index (χ4v) is 4.68. The van der Waals surface area contributed by atoms with Crippen molar-refractivity contribution in [3.8, 4) is 5.75 Å². The Labute approximate surface area is 175 Å². The monoisotopic (exact) mass is 432 g/mol. The minimum atomic E-state index is -3.56. The molecule has 0 atom stereocenters. The molecule has 2 aromatic rings. The van der Waals surface area contributed by atoms with E-state index in [0.717, 1.165) is 0 Å². The van der Waals surface area contributed by atoms with Gasteiger partial charge in [0.05, 0.1) is 12.8 Å². The maximum absolute atomic E-state index is 12.6. The van der Waals surface area contributed by atoms with E-state index in [2.05, 4.69) is 15.6 Å². The summed E-state index contributed by atoms with van der Waals surface area (Å²) in [6.45, 7) is 1.01. The van der Waals surface area contributed by atoms with E-state index in [9.17, 15) is 18.0 Å². The fraction of sp³-hybridized carbons (Fsp3) is 0.350. The van der Waals surface area contributed by atoms with Crippen LogP contribution in [0.5, 0.6) is 5.75 Å². The second kappa shape index (κ2) is 9.68. The summed E-state index contributed by atoms with van der Waals surface area (Å²) in [7, 11) is -2.09. The average Bonchev–Trinajstić information content (AvgIpc) is 2.78. The minimum Gasteiger partial charge on any atom is -0.495 e. The topological polar surface area (TPSA) is 118 Å². The number of aromatic nitrogens is 1. The fourth-order valence-electron chi connectivity index (χ4n) is 3.25. The van der Waals surface area contributed by atoms with Crippen molar-refractivity contribution in [2.24, 2.45) is 5.92 Å². The average molecular weight is 433 g/mol. The molecule has 30 heavy (non-hydrogen) atoms. The second-order valence-electron chi connectivity index (χ2n) is 6.90. The highest BCUT2D eigenvalue weighted by Gasteiger charge is 2.30. The van der Waals surface area contributed by atoms with E-state index in [0.29, 0.717) is 43.9 Å². The zero-order valence-corrected chi connectivity index (χ0v) is 17.4. The molecule has 2 amide bonds. The third-order valence-corrected chi connectivity index (χ3v) is 6.84. The van der Waals surface area contributed by atoms with Crippen LogP contribution in [0.15, 0.2) is 53.7 Å². The molecule has 1 aromatic carbocycles. The maximum Gasteiger partial charge on any atom is 0.313 e. The number of benzene rings is 1. The number of piperidine rings is 1. The molecule has 1 aromatic heterocycles. The summed E-state index contributed by atoms with van der Waals surface area (Å²) in [5.41, 5.74) is 0.411. The Morgan fingerprint density at radius 3 is 2.53 bits per heavy atom. The number of nitrogens with zero attached hydrogens (tertiary/aromatic N) is 2. The van der Waals surface area contributed by atoms with Gasteiger partial charge in [-0.15, -0.1) is 0 Å². The van der Waals surface area contributed by atoms with Gasteiger partial charge in [0.2, 0.25) is 10.0 Å². The summed E-state index contributed by atoms with van der Waals surface area (Å²) in [5, 5.41) is 5.15. The number of ether oxygens (including phenoxy) is 1. The van der Waals surface area contributed by atoms with Gasteiger partial charge in [-0.25, -0.2) is 8.42 Å². The number of para-hydroxylation sites is 2. The third-order valence-electron chi connectivity index (χ3n) is 4.96. The number of anilines is 1. The van der Waals surface area contributed by atoms with Gasteiger partial charge in [-0.2, -0.15) is 4.31 Å². The quantitative estimate of drug-likeness (QED) is 0.664. The summed E-state index contributed by atoms with van der Waals surface area (Å²) in [5.74, 6) is -0.975. The van der Waals surface area contributed by atoms with E-state index in [1.165, 1.54) is 29.9 Å². The first-order chi connectivity index (χ1) is 14.4. The van der Waals surface area contributed by atoms with Crippen LogP contribution >= 0.6 is 0 Å². The van der Waals surface area contributed by atoms with Gasteiger partial charge < -0.3 is 15.4 Å². The number of carbonyl (C=O) groups is 2. The van der Waals surface area contributed by atoms with Crippen LogP contribution in [0.25, 0.3) is 0 Å². The summed E-state index contributed by atoms with van der Waals surface area (Å²) in [4.78, 5) is 28.3. The maximum atomic E-state index is 12.6. The van der Waals surface area contributed by atoms with E-state index in [4.69, 9.17) is 4.74 Å². The number of rotatable bonds is 6. The number of amides is 2. The SMILES string of the molecule is COc1ccccc1NC(=O)C(=O)NCC1CCN(S(=O)(=O)c2cccnc2)CC1. The van der Waals surface area contributed by atoms with Crippen LogP contribution in [-0.4, -0.2) is 56.3 Å². The van der Waals surface area contributed by atoms with Gasteiger partial charge in [0, 0.05) is 32.0 Å². The van der Waals surface area contributed by atoms with Crippen molar-refractivity contribution >= 4 is 27.5 Å². The molecule has 160 valence electrons. The van der Waals surface area contributed by atoms with Crippen molar-refractivity contribution in [3.63, 3.8) is 0 Å². The van der Waals surface area contributed by atoms with Gasteiger partial charge in [0.1, 0.15) is 10.6 Å². The highest BCUT2D eigenvalue weighted by molar-refractivity contribution is 7.89. The van der Waals surface area contributed by atoms with Crippen molar-refractivity contribution in [3.05, 3.63) is 48.8 Å². The van der Waals surface area contributed by atoms with Crippen LogP contribution in [0.4, 0.5) is 5.69 Å². The van der Waals surface area contributed by atoms with Gasteiger partial charge in [0.15, 0.2) is 0 Å². The molecule has 9 nitrogen and oxygen atoms in total. The highest BCUT2D eigenvalue weighted by Crippen LogP contribution is 2.24. The molecular weight excluding hydrogens is 408 g/mol. The molecule has 0 saturated carbocycles. The molecule has 0 unspecified atom stereocenters. The molecule has 0 spiro atoms. The number of nitrogens with one attached hydrogen (secondary N) is 2. The summed E-state index contributed by atoms with van der Waals surface area (Å²) in [6, 6.07) is 9.92.